The molecule has 1 aromatic rings. The van der Waals surface area contributed by atoms with E-state index in [0.29, 0.717) is 4.90 Å². The minimum Gasteiger partial charge on any atom is -0.507 e. The SMILES string of the molecule is CC(=O)OSc1ccccc1O. The van der Waals surface area contributed by atoms with Crippen molar-refractivity contribution in [1.82, 2.24) is 0 Å². The molecular weight excluding hydrogens is 176 g/mol. The van der Waals surface area contributed by atoms with Crippen molar-refractivity contribution < 1.29 is 14.1 Å². The quantitative estimate of drug-likeness (QED) is 0.714. The Morgan fingerprint density at radius 2 is 2.17 bits per heavy atom. The molecule has 0 atom stereocenters. The molecule has 12 heavy (non-hydrogen) atoms. The van der Waals surface area contributed by atoms with Crippen LogP contribution < -0.4 is 0 Å². The van der Waals surface area contributed by atoms with Crippen molar-refractivity contribution in [2.75, 3.05) is 0 Å². The van der Waals surface area contributed by atoms with Crippen LogP contribution in [0.15, 0.2) is 29.2 Å². The van der Waals surface area contributed by atoms with Crippen LogP contribution in [0.5, 0.6) is 5.75 Å². The molecule has 0 aliphatic heterocycles. The fraction of sp³-hybridized carbons (Fsp3) is 0.125. The summed E-state index contributed by atoms with van der Waals surface area (Å²) < 4.78 is 4.63. The summed E-state index contributed by atoms with van der Waals surface area (Å²) in [7, 11) is 0. The van der Waals surface area contributed by atoms with Crippen molar-refractivity contribution in [2.45, 2.75) is 11.8 Å². The minimum atomic E-state index is -0.386. The van der Waals surface area contributed by atoms with Crippen LogP contribution >= 0.6 is 12.0 Å². The van der Waals surface area contributed by atoms with Gasteiger partial charge in [0.05, 0.1) is 16.9 Å². The van der Waals surface area contributed by atoms with Crippen molar-refractivity contribution >= 4 is 18.0 Å². The highest BCUT2D eigenvalue weighted by Crippen LogP contribution is 2.28. The molecule has 0 aliphatic carbocycles. The van der Waals surface area contributed by atoms with Crippen LogP contribution in [0.3, 0.4) is 0 Å². The third-order valence-corrected chi connectivity index (χ3v) is 1.96. The van der Waals surface area contributed by atoms with Crippen molar-refractivity contribution in [1.29, 1.82) is 0 Å². The van der Waals surface area contributed by atoms with Crippen LogP contribution in [0.4, 0.5) is 0 Å². The monoisotopic (exact) mass is 184 g/mol. The zero-order valence-electron chi connectivity index (χ0n) is 6.48. The zero-order valence-corrected chi connectivity index (χ0v) is 7.30. The lowest BCUT2D eigenvalue weighted by atomic mass is 10.3. The van der Waals surface area contributed by atoms with Crippen LogP contribution in [0.1, 0.15) is 6.92 Å². The van der Waals surface area contributed by atoms with Gasteiger partial charge in [0.25, 0.3) is 0 Å². The first-order valence-corrected chi connectivity index (χ1v) is 4.07. The number of hydrogen-bond acceptors (Lipinski definition) is 4. The molecule has 0 aromatic heterocycles. The second-order valence-electron chi connectivity index (χ2n) is 2.13. The van der Waals surface area contributed by atoms with Crippen molar-refractivity contribution in [3.05, 3.63) is 24.3 Å². The predicted molar refractivity (Wildman–Crippen MR) is 45.7 cm³/mol. The van der Waals surface area contributed by atoms with Gasteiger partial charge in [-0.1, -0.05) is 12.1 Å². The molecule has 3 nitrogen and oxygen atoms in total. The highest BCUT2D eigenvalue weighted by molar-refractivity contribution is 7.95. The first kappa shape index (κ1) is 8.93. The summed E-state index contributed by atoms with van der Waals surface area (Å²) in [6.45, 7) is 1.31. The highest BCUT2D eigenvalue weighted by Gasteiger charge is 2.02. The van der Waals surface area contributed by atoms with Crippen LogP contribution in [-0.4, -0.2) is 11.1 Å². The maximum absolute atomic E-state index is 10.4. The molecule has 0 saturated heterocycles. The lowest BCUT2D eigenvalue weighted by molar-refractivity contribution is -0.130. The number of carbonyl (C=O) groups excluding carboxylic acids is 1. The molecule has 4 heteroatoms. The fourth-order valence-corrected chi connectivity index (χ4v) is 1.13. The van der Waals surface area contributed by atoms with Crippen LogP contribution in [-0.2, 0) is 8.98 Å². The largest absolute Gasteiger partial charge is 0.507 e. The Balaban J connectivity index is 2.63. The third kappa shape index (κ3) is 2.47. The molecule has 0 aliphatic rings. The van der Waals surface area contributed by atoms with Crippen LogP contribution in [0.25, 0.3) is 0 Å². The summed E-state index contributed by atoms with van der Waals surface area (Å²) in [5, 5.41) is 9.21. The average Bonchev–Trinajstić information content (AvgIpc) is 2.03. The Morgan fingerprint density at radius 3 is 2.75 bits per heavy atom. The maximum atomic E-state index is 10.4. The van der Waals surface area contributed by atoms with E-state index < -0.39 is 0 Å². The van der Waals surface area contributed by atoms with Crippen LogP contribution in [0.2, 0.25) is 0 Å². The number of aromatic hydroxyl groups is 1. The molecule has 0 radical (unpaired) electrons. The minimum absolute atomic E-state index is 0.115. The molecule has 0 spiro atoms. The molecule has 1 rings (SSSR count). The van der Waals surface area contributed by atoms with Gasteiger partial charge in [-0.25, -0.2) is 0 Å². The average molecular weight is 184 g/mol. The Kier molecular flexibility index (Phi) is 2.99. The normalized spacial score (nSPS) is 9.42. The lowest BCUT2D eigenvalue weighted by Gasteiger charge is -2.00. The Morgan fingerprint density at radius 1 is 1.50 bits per heavy atom. The van der Waals surface area contributed by atoms with Gasteiger partial charge in [-0.05, 0) is 12.1 Å². The number of rotatable bonds is 2. The summed E-state index contributed by atoms with van der Waals surface area (Å²) in [5.41, 5.74) is 0. The first-order valence-electron chi connectivity index (χ1n) is 3.33. The fourth-order valence-electron chi connectivity index (χ4n) is 0.631. The molecule has 1 N–H and O–H groups in total. The van der Waals surface area contributed by atoms with E-state index in [0.717, 1.165) is 12.0 Å². The lowest BCUT2D eigenvalue weighted by Crippen LogP contribution is -1.88. The molecule has 1 aromatic carbocycles. The van der Waals surface area contributed by atoms with E-state index in [1.807, 2.05) is 0 Å². The summed E-state index contributed by atoms with van der Waals surface area (Å²) in [6.07, 6.45) is 0. The molecule has 64 valence electrons. The molecule has 0 amide bonds. The number of para-hydroxylation sites is 1. The van der Waals surface area contributed by atoms with Gasteiger partial charge in [-0.2, -0.15) is 0 Å². The molecule has 0 saturated carbocycles. The highest BCUT2D eigenvalue weighted by atomic mass is 32.2. The van der Waals surface area contributed by atoms with E-state index in [1.165, 1.54) is 13.0 Å². The van der Waals surface area contributed by atoms with Crippen molar-refractivity contribution in [2.24, 2.45) is 0 Å². The topological polar surface area (TPSA) is 46.5 Å². The molecular formula is C8H8O3S. The second kappa shape index (κ2) is 4.01. The number of phenols is 1. The number of carbonyl (C=O) groups is 1. The van der Waals surface area contributed by atoms with Crippen molar-refractivity contribution in [3.63, 3.8) is 0 Å². The van der Waals surface area contributed by atoms with Gasteiger partial charge in [-0.3, -0.25) is 4.79 Å². The van der Waals surface area contributed by atoms with E-state index in [1.54, 1.807) is 18.2 Å². The van der Waals surface area contributed by atoms with Gasteiger partial charge >= 0.3 is 5.97 Å². The second-order valence-corrected chi connectivity index (χ2v) is 2.90. The summed E-state index contributed by atoms with van der Waals surface area (Å²) in [4.78, 5) is 10.9. The number of benzene rings is 1. The van der Waals surface area contributed by atoms with Crippen molar-refractivity contribution in [3.8, 4) is 5.75 Å². The van der Waals surface area contributed by atoms with Gasteiger partial charge in [-0.15, -0.1) is 0 Å². The molecule has 0 heterocycles. The summed E-state index contributed by atoms with van der Waals surface area (Å²) in [6, 6.07) is 6.66. The third-order valence-electron chi connectivity index (χ3n) is 1.11. The van der Waals surface area contributed by atoms with Crippen LogP contribution in [0, 0.1) is 0 Å². The summed E-state index contributed by atoms with van der Waals surface area (Å²) in [5.74, 6) is -0.271. The first-order chi connectivity index (χ1) is 5.70. The Bertz CT molecular complexity index is 285. The van der Waals surface area contributed by atoms with E-state index in [-0.39, 0.29) is 11.7 Å². The maximum Gasteiger partial charge on any atom is 0.315 e. The van der Waals surface area contributed by atoms with Gasteiger partial charge in [0.1, 0.15) is 5.75 Å². The van der Waals surface area contributed by atoms with Gasteiger partial charge in [0, 0.05) is 6.92 Å². The zero-order chi connectivity index (χ0) is 8.97. The Labute approximate surface area is 74.6 Å². The van der Waals surface area contributed by atoms with Gasteiger partial charge < -0.3 is 9.29 Å². The number of phenolic OH excluding ortho intramolecular Hbond substituents is 1. The molecule has 0 fully saturated rings. The summed E-state index contributed by atoms with van der Waals surface area (Å²) >= 11 is 0.856. The van der Waals surface area contributed by atoms with E-state index in [4.69, 9.17) is 0 Å². The smallest absolute Gasteiger partial charge is 0.315 e. The Hall–Kier alpha value is -1.16. The van der Waals surface area contributed by atoms with Gasteiger partial charge in [0.15, 0.2) is 0 Å². The predicted octanol–water partition coefficient (Wildman–Crippen LogP) is 1.96. The molecule has 0 bridgehead atoms. The number of hydrogen-bond donors (Lipinski definition) is 1. The standard InChI is InChI=1S/C8H8O3S/c1-6(9)11-12-8-5-3-2-4-7(8)10/h2-5,10H,1H3. The molecule has 0 unspecified atom stereocenters. The van der Waals surface area contributed by atoms with E-state index in [9.17, 15) is 9.90 Å². The van der Waals surface area contributed by atoms with E-state index >= 15 is 0 Å². The van der Waals surface area contributed by atoms with Gasteiger partial charge in [0.2, 0.25) is 0 Å². The van der Waals surface area contributed by atoms with E-state index in [2.05, 4.69) is 4.18 Å².